The van der Waals surface area contributed by atoms with Gasteiger partial charge in [0.25, 0.3) is 0 Å². The lowest BCUT2D eigenvalue weighted by molar-refractivity contribution is -0.129. The fraction of sp³-hybridized carbons (Fsp3) is 0.217. The van der Waals surface area contributed by atoms with E-state index in [4.69, 9.17) is 0 Å². The summed E-state index contributed by atoms with van der Waals surface area (Å²) >= 11 is 0. The molecule has 1 aliphatic rings. The molecular weight excluding hydrogens is 355 g/mol. The quantitative estimate of drug-likeness (QED) is 0.714. The maximum absolute atomic E-state index is 13.2. The fourth-order valence-electron chi connectivity index (χ4n) is 3.90. The van der Waals surface area contributed by atoms with E-state index in [0.29, 0.717) is 13.0 Å². The first kappa shape index (κ1) is 18.2. The van der Waals surface area contributed by atoms with Gasteiger partial charge in [-0.15, -0.1) is 0 Å². The minimum absolute atomic E-state index is 0.162. The number of nitrogens with one attached hydrogen (secondary N) is 2. The highest BCUT2D eigenvalue weighted by molar-refractivity contribution is 5.96. The Labute approximate surface area is 162 Å². The molecular formula is C23H21FN2O2. The van der Waals surface area contributed by atoms with Crippen molar-refractivity contribution in [3.8, 4) is 0 Å². The minimum atomic E-state index is -0.978. The Bertz CT molecular complexity index is 1040. The van der Waals surface area contributed by atoms with Gasteiger partial charge >= 0.3 is 0 Å². The van der Waals surface area contributed by atoms with Gasteiger partial charge < -0.3 is 10.6 Å². The maximum Gasteiger partial charge on any atom is 0.246 e. The molecule has 5 heteroatoms. The summed E-state index contributed by atoms with van der Waals surface area (Å²) in [5, 5.41) is 8.00. The van der Waals surface area contributed by atoms with E-state index in [-0.39, 0.29) is 23.5 Å². The summed E-state index contributed by atoms with van der Waals surface area (Å²) in [4.78, 5) is 24.8. The Morgan fingerprint density at radius 1 is 1.04 bits per heavy atom. The van der Waals surface area contributed by atoms with Crippen molar-refractivity contribution in [2.45, 2.75) is 31.3 Å². The van der Waals surface area contributed by atoms with Crippen LogP contribution in [0.2, 0.25) is 0 Å². The molecule has 4 rings (SSSR count). The Morgan fingerprint density at radius 3 is 2.50 bits per heavy atom. The number of fused-ring (bicyclic) bond motifs is 1. The molecule has 2 amide bonds. The third-order valence-corrected chi connectivity index (χ3v) is 5.36. The molecule has 142 valence electrons. The summed E-state index contributed by atoms with van der Waals surface area (Å²) in [5.74, 6) is -0.964. The van der Waals surface area contributed by atoms with Gasteiger partial charge in [0, 0.05) is 19.4 Å². The first-order chi connectivity index (χ1) is 13.5. The number of hydrogen-bond donors (Lipinski definition) is 2. The van der Waals surface area contributed by atoms with Crippen molar-refractivity contribution in [3.63, 3.8) is 0 Å². The monoisotopic (exact) mass is 376 g/mol. The van der Waals surface area contributed by atoms with Gasteiger partial charge in [-0.3, -0.25) is 9.59 Å². The third kappa shape index (κ3) is 3.36. The number of rotatable bonds is 5. The number of carbonyl (C=O) groups excluding carboxylic acids is 2. The highest BCUT2D eigenvalue weighted by Crippen LogP contribution is 2.51. The molecule has 0 radical (unpaired) electrons. The standard InChI is InChI=1S/C23H21FN2O2/c1-15(27)26-23(13-21(23)17-9-11-19(24)12-10-17)22(28)25-14-18-7-4-6-16-5-2-3-8-20(16)18/h2-12,21H,13-14H2,1H3,(H,25,28)(H,26,27). The number of benzene rings is 3. The van der Waals surface area contributed by atoms with Crippen molar-refractivity contribution in [1.82, 2.24) is 10.6 Å². The smallest absolute Gasteiger partial charge is 0.246 e. The second kappa shape index (κ2) is 7.08. The number of hydrogen-bond acceptors (Lipinski definition) is 2. The highest BCUT2D eigenvalue weighted by atomic mass is 19.1. The van der Waals surface area contributed by atoms with Gasteiger partial charge in [-0.1, -0.05) is 54.6 Å². The molecule has 1 saturated carbocycles. The van der Waals surface area contributed by atoms with Crippen molar-refractivity contribution >= 4 is 22.6 Å². The van der Waals surface area contributed by atoms with Crippen LogP contribution in [0.25, 0.3) is 10.8 Å². The predicted molar refractivity (Wildman–Crippen MR) is 106 cm³/mol. The summed E-state index contributed by atoms with van der Waals surface area (Å²) in [6, 6.07) is 20.1. The summed E-state index contributed by atoms with van der Waals surface area (Å²) in [6.07, 6.45) is 0.500. The second-order valence-corrected chi connectivity index (χ2v) is 7.28. The van der Waals surface area contributed by atoms with Crippen molar-refractivity contribution in [3.05, 3.63) is 83.7 Å². The summed E-state index contributed by atoms with van der Waals surface area (Å²) in [7, 11) is 0. The molecule has 3 aromatic carbocycles. The van der Waals surface area contributed by atoms with Crippen molar-refractivity contribution in [2.24, 2.45) is 0 Å². The van der Waals surface area contributed by atoms with E-state index in [9.17, 15) is 14.0 Å². The van der Waals surface area contributed by atoms with Gasteiger partial charge in [-0.25, -0.2) is 4.39 Å². The topological polar surface area (TPSA) is 58.2 Å². The fourth-order valence-corrected chi connectivity index (χ4v) is 3.90. The van der Waals surface area contributed by atoms with Crippen molar-refractivity contribution in [1.29, 1.82) is 0 Å². The molecule has 28 heavy (non-hydrogen) atoms. The molecule has 1 aliphatic carbocycles. The van der Waals surface area contributed by atoms with Gasteiger partial charge in [0.1, 0.15) is 11.4 Å². The Kier molecular flexibility index (Phi) is 4.59. The molecule has 2 unspecified atom stereocenters. The van der Waals surface area contributed by atoms with Crippen LogP contribution in [0.15, 0.2) is 66.7 Å². The van der Waals surface area contributed by atoms with E-state index in [2.05, 4.69) is 10.6 Å². The molecule has 3 aromatic rings. The normalized spacial score (nSPS) is 20.6. The minimum Gasteiger partial charge on any atom is -0.350 e. The Balaban J connectivity index is 1.54. The van der Waals surface area contributed by atoms with Crippen molar-refractivity contribution in [2.75, 3.05) is 0 Å². The van der Waals surface area contributed by atoms with Gasteiger partial charge in [0.15, 0.2) is 0 Å². The lowest BCUT2D eigenvalue weighted by Crippen LogP contribution is -2.49. The van der Waals surface area contributed by atoms with E-state index >= 15 is 0 Å². The van der Waals surface area contributed by atoms with E-state index in [0.717, 1.165) is 21.9 Å². The molecule has 0 saturated heterocycles. The molecule has 0 aliphatic heterocycles. The molecule has 0 heterocycles. The zero-order chi connectivity index (χ0) is 19.7. The number of halogens is 1. The molecule has 4 nitrogen and oxygen atoms in total. The summed E-state index contributed by atoms with van der Waals surface area (Å²) < 4.78 is 13.2. The Hall–Kier alpha value is -3.21. The molecule has 2 N–H and O–H groups in total. The van der Waals surface area contributed by atoms with Gasteiger partial charge in [-0.05, 0) is 40.5 Å². The highest BCUT2D eigenvalue weighted by Gasteiger charge is 2.61. The van der Waals surface area contributed by atoms with Crippen LogP contribution < -0.4 is 10.6 Å². The third-order valence-electron chi connectivity index (χ3n) is 5.36. The van der Waals surface area contributed by atoms with Gasteiger partial charge in [0.2, 0.25) is 11.8 Å². The first-order valence-electron chi connectivity index (χ1n) is 9.29. The van der Waals surface area contributed by atoms with Crippen LogP contribution in [0, 0.1) is 5.82 Å². The van der Waals surface area contributed by atoms with Crippen LogP contribution in [-0.2, 0) is 16.1 Å². The van der Waals surface area contributed by atoms with Gasteiger partial charge in [0.05, 0.1) is 0 Å². The average Bonchev–Trinajstić information content (AvgIpc) is 3.41. The van der Waals surface area contributed by atoms with Crippen LogP contribution in [0.1, 0.15) is 30.4 Å². The van der Waals surface area contributed by atoms with Crippen LogP contribution in [0.5, 0.6) is 0 Å². The maximum atomic E-state index is 13.2. The van der Waals surface area contributed by atoms with Crippen LogP contribution in [0.3, 0.4) is 0 Å². The van der Waals surface area contributed by atoms with E-state index in [1.807, 2.05) is 42.5 Å². The van der Waals surface area contributed by atoms with E-state index in [1.54, 1.807) is 12.1 Å². The lowest BCUT2D eigenvalue weighted by Gasteiger charge is -2.19. The largest absolute Gasteiger partial charge is 0.350 e. The molecule has 0 bridgehead atoms. The van der Waals surface area contributed by atoms with E-state index < -0.39 is 5.54 Å². The van der Waals surface area contributed by atoms with E-state index in [1.165, 1.54) is 19.1 Å². The SMILES string of the molecule is CC(=O)NC1(C(=O)NCc2cccc3ccccc23)CC1c1ccc(F)cc1. The molecule has 2 atom stereocenters. The van der Waals surface area contributed by atoms with Crippen LogP contribution in [-0.4, -0.2) is 17.4 Å². The predicted octanol–water partition coefficient (Wildman–Crippen LogP) is 3.66. The second-order valence-electron chi connectivity index (χ2n) is 7.28. The number of amides is 2. The van der Waals surface area contributed by atoms with Crippen molar-refractivity contribution < 1.29 is 14.0 Å². The summed E-state index contributed by atoms with van der Waals surface area (Å²) in [5.41, 5.74) is 0.882. The zero-order valence-corrected chi connectivity index (χ0v) is 15.5. The molecule has 0 aromatic heterocycles. The van der Waals surface area contributed by atoms with Gasteiger partial charge in [-0.2, -0.15) is 0 Å². The zero-order valence-electron chi connectivity index (χ0n) is 15.5. The Morgan fingerprint density at radius 2 is 1.75 bits per heavy atom. The first-order valence-corrected chi connectivity index (χ1v) is 9.29. The molecule has 0 spiro atoms. The van der Waals surface area contributed by atoms with Crippen LogP contribution in [0.4, 0.5) is 4.39 Å². The lowest BCUT2D eigenvalue weighted by atomic mass is 10.0. The number of carbonyl (C=O) groups is 2. The summed E-state index contributed by atoms with van der Waals surface area (Å²) in [6.45, 7) is 1.78. The van der Waals surface area contributed by atoms with Crippen LogP contribution >= 0.6 is 0 Å². The average molecular weight is 376 g/mol. The molecule has 1 fully saturated rings.